The molecule has 1 nitrogen and oxygen atoms in total. The van der Waals surface area contributed by atoms with Gasteiger partial charge in [0.15, 0.2) is 5.78 Å². The van der Waals surface area contributed by atoms with Crippen molar-refractivity contribution in [2.45, 2.75) is 46.0 Å². The van der Waals surface area contributed by atoms with Gasteiger partial charge in [-0.15, -0.1) is 0 Å². The molecule has 0 bridgehead atoms. The standard InChI is InChI=1S/C16H20O/c1-5-15(17)12-6-7-13-11(2)8-9-16(3,4)14(13)10-12/h6-8,10H,5,9H2,1-4H3. The van der Waals surface area contributed by atoms with Crippen molar-refractivity contribution >= 4 is 11.4 Å². The summed E-state index contributed by atoms with van der Waals surface area (Å²) in [6.45, 7) is 8.55. The Morgan fingerprint density at radius 2 is 2.06 bits per heavy atom. The fraction of sp³-hybridized carbons (Fsp3) is 0.438. The van der Waals surface area contributed by atoms with Crippen molar-refractivity contribution < 1.29 is 4.79 Å². The number of allylic oxidation sites excluding steroid dienone is 2. The van der Waals surface area contributed by atoms with E-state index in [0.29, 0.717) is 6.42 Å². The van der Waals surface area contributed by atoms with E-state index in [-0.39, 0.29) is 11.2 Å². The molecule has 0 fully saturated rings. The average Bonchev–Trinajstić information content (AvgIpc) is 2.33. The van der Waals surface area contributed by atoms with E-state index >= 15 is 0 Å². The largest absolute Gasteiger partial charge is 0.294 e. The lowest BCUT2D eigenvalue weighted by Crippen LogP contribution is -2.21. The number of hydrogen-bond acceptors (Lipinski definition) is 1. The number of Topliss-reactive ketones (excluding diaryl/α,β-unsaturated/α-hetero) is 1. The van der Waals surface area contributed by atoms with Crippen LogP contribution in [0, 0.1) is 0 Å². The van der Waals surface area contributed by atoms with Gasteiger partial charge in [0.25, 0.3) is 0 Å². The van der Waals surface area contributed by atoms with Gasteiger partial charge in [-0.1, -0.05) is 39.0 Å². The van der Waals surface area contributed by atoms with Crippen LogP contribution in [0.1, 0.15) is 62.0 Å². The van der Waals surface area contributed by atoms with Crippen LogP contribution in [-0.4, -0.2) is 5.78 Å². The van der Waals surface area contributed by atoms with Gasteiger partial charge >= 0.3 is 0 Å². The zero-order valence-electron chi connectivity index (χ0n) is 11.1. The quantitative estimate of drug-likeness (QED) is 0.687. The molecule has 2 rings (SSSR count). The maximum Gasteiger partial charge on any atom is 0.162 e. The topological polar surface area (TPSA) is 17.1 Å². The van der Waals surface area contributed by atoms with E-state index in [1.165, 1.54) is 16.7 Å². The molecular weight excluding hydrogens is 208 g/mol. The average molecular weight is 228 g/mol. The van der Waals surface area contributed by atoms with E-state index in [4.69, 9.17) is 0 Å². The third-order valence-corrected chi connectivity index (χ3v) is 3.74. The summed E-state index contributed by atoms with van der Waals surface area (Å²) in [5.41, 5.74) is 4.94. The van der Waals surface area contributed by atoms with E-state index in [2.05, 4.69) is 39.0 Å². The second-order valence-corrected chi connectivity index (χ2v) is 5.51. The van der Waals surface area contributed by atoms with E-state index in [1.54, 1.807) is 0 Å². The molecule has 90 valence electrons. The van der Waals surface area contributed by atoms with Gasteiger partial charge in [-0.05, 0) is 41.5 Å². The number of carbonyl (C=O) groups excluding carboxylic acids is 1. The molecule has 0 heterocycles. The van der Waals surface area contributed by atoms with Crippen LogP contribution in [0.2, 0.25) is 0 Å². The van der Waals surface area contributed by atoms with Crippen LogP contribution in [-0.2, 0) is 5.41 Å². The lowest BCUT2D eigenvalue weighted by atomic mass is 9.73. The minimum Gasteiger partial charge on any atom is -0.294 e. The van der Waals surface area contributed by atoms with Crippen LogP contribution in [0.4, 0.5) is 0 Å². The van der Waals surface area contributed by atoms with Gasteiger partial charge in [0.05, 0.1) is 0 Å². The van der Waals surface area contributed by atoms with Crippen molar-refractivity contribution in [3.05, 3.63) is 41.0 Å². The van der Waals surface area contributed by atoms with Gasteiger partial charge in [0.1, 0.15) is 0 Å². The molecular formula is C16H20O. The Kier molecular flexibility index (Phi) is 2.94. The Morgan fingerprint density at radius 1 is 1.35 bits per heavy atom. The highest BCUT2D eigenvalue weighted by Crippen LogP contribution is 2.39. The minimum absolute atomic E-state index is 0.138. The molecule has 0 aromatic heterocycles. The highest BCUT2D eigenvalue weighted by Gasteiger charge is 2.27. The maximum atomic E-state index is 11.8. The molecule has 1 aliphatic rings. The van der Waals surface area contributed by atoms with Gasteiger partial charge < -0.3 is 0 Å². The molecule has 17 heavy (non-hydrogen) atoms. The van der Waals surface area contributed by atoms with Crippen LogP contribution in [0.3, 0.4) is 0 Å². The van der Waals surface area contributed by atoms with Crippen molar-refractivity contribution in [1.82, 2.24) is 0 Å². The number of carbonyl (C=O) groups is 1. The predicted octanol–water partition coefficient (Wildman–Crippen LogP) is 4.36. The molecule has 0 N–H and O–H groups in total. The molecule has 0 unspecified atom stereocenters. The molecule has 0 saturated carbocycles. The monoisotopic (exact) mass is 228 g/mol. The molecule has 0 radical (unpaired) electrons. The first kappa shape index (κ1) is 12.1. The van der Waals surface area contributed by atoms with Crippen molar-refractivity contribution in [2.75, 3.05) is 0 Å². The fourth-order valence-corrected chi connectivity index (χ4v) is 2.45. The summed E-state index contributed by atoms with van der Waals surface area (Å²) in [6, 6.07) is 6.16. The van der Waals surface area contributed by atoms with Crippen molar-refractivity contribution in [1.29, 1.82) is 0 Å². The predicted molar refractivity (Wildman–Crippen MR) is 72.4 cm³/mol. The van der Waals surface area contributed by atoms with Crippen molar-refractivity contribution in [3.8, 4) is 0 Å². The molecule has 1 aromatic carbocycles. The second-order valence-electron chi connectivity index (χ2n) is 5.51. The van der Waals surface area contributed by atoms with Crippen molar-refractivity contribution in [2.24, 2.45) is 0 Å². The number of fused-ring (bicyclic) bond motifs is 1. The van der Waals surface area contributed by atoms with E-state index in [1.807, 2.05) is 13.0 Å². The Hall–Kier alpha value is -1.37. The lowest BCUT2D eigenvalue weighted by molar-refractivity contribution is 0.0988. The summed E-state index contributed by atoms with van der Waals surface area (Å²) in [5.74, 6) is 0.232. The SMILES string of the molecule is CCC(=O)c1ccc2c(c1)C(C)(C)CC=C2C. The zero-order chi connectivity index (χ0) is 12.6. The zero-order valence-corrected chi connectivity index (χ0v) is 11.1. The summed E-state index contributed by atoms with van der Waals surface area (Å²) in [7, 11) is 0. The van der Waals surface area contributed by atoms with Gasteiger partial charge in [0, 0.05) is 12.0 Å². The summed E-state index contributed by atoms with van der Waals surface area (Å²) in [5, 5.41) is 0. The number of rotatable bonds is 2. The van der Waals surface area contributed by atoms with Crippen LogP contribution < -0.4 is 0 Å². The summed E-state index contributed by atoms with van der Waals surface area (Å²) in [6.07, 6.45) is 3.92. The van der Waals surface area contributed by atoms with Gasteiger partial charge in [0.2, 0.25) is 0 Å². The van der Waals surface area contributed by atoms with Gasteiger partial charge in [-0.25, -0.2) is 0 Å². The second kappa shape index (κ2) is 4.14. The highest BCUT2D eigenvalue weighted by atomic mass is 16.1. The molecule has 0 saturated heterocycles. The lowest BCUT2D eigenvalue weighted by Gasteiger charge is -2.31. The molecule has 0 aliphatic heterocycles. The van der Waals surface area contributed by atoms with Gasteiger partial charge in [-0.3, -0.25) is 4.79 Å². The Morgan fingerprint density at radius 3 is 2.71 bits per heavy atom. The normalized spacial score (nSPS) is 17.3. The van der Waals surface area contributed by atoms with E-state index in [9.17, 15) is 4.79 Å². The molecule has 0 amide bonds. The fourth-order valence-electron chi connectivity index (χ4n) is 2.45. The first-order valence-corrected chi connectivity index (χ1v) is 6.30. The van der Waals surface area contributed by atoms with Crippen LogP contribution in [0.5, 0.6) is 0 Å². The van der Waals surface area contributed by atoms with E-state index in [0.717, 1.165) is 12.0 Å². The van der Waals surface area contributed by atoms with Crippen LogP contribution in [0.25, 0.3) is 5.57 Å². The molecule has 0 atom stereocenters. The summed E-state index contributed by atoms with van der Waals surface area (Å²) < 4.78 is 0. The summed E-state index contributed by atoms with van der Waals surface area (Å²) >= 11 is 0. The Balaban J connectivity index is 2.57. The van der Waals surface area contributed by atoms with Gasteiger partial charge in [-0.2, -0.15) is 0 Å². The number of hydrogen-bond donors (Lipinski definition) is 0. The molecule has 1 heteroatoms. The van der Waals surface area contributed by atoms with Crippen LogP contribution >= 0.6 is 0 Å². The minimum atomic E-state index is 0.138. The first-order chi connectivity index (χ1) is 7.95. The van der Waals surface area contributed by atoms with Crippen LogP contribution in [0.15, 0.2) is 24.3 Å². The number of ketones is 1. The Labute approximate surface area is 104 Å². The third-order valence-electron chi connectivity index (χ3n) is 3.74. The highest BCUT2D eigenvalue weighted by molar-refractivity contribution is 5.96. The molecule has 1 aliphatic carbocycles. The van der Waals surface area contributed by atoms with Crippen molar-refractivity contribution in [3.63, 3.8) is 0 Å². The number of benzene rings is 1. The van der Waals surface area contributed by atoms with E-state index < -0.39 is 0 Å². The third kappa shape index (κ3) is 2.06. The summed E-state index contributed by atoms with van der Waals surface area (Å²) in [4.78, 5) is 11.8. The smallest absolute Gasteiger partial charge is 0.162 e. The molecule has 0 spiro atoms. The maximum absolute atomic E-state index is 11.8. The Bertz CT molecular complexity index is 492. The molecule has 1 aromatic rings. The first-order valence-electron chi connectivity index (χ1n) is 6.30.